The molecule has 7 heteroatoms. The average Bonchev–Trinajstić information content (AvgIpc) is 2.82. The first kappa shape index (κ1) is 17.0. The zero-order valence-corrected chi connectivity index (χ0v) is 14.2. The van der Waals surface area contributed by atoms with Gasteiger partial charge in [0, 0.05) is 18.1 Å². The molecule has 0 saturated heterocycles. The number of hydrogen-bond donors (Lipinski definition) is 2. The van der Waals surface area contributed by atoms with Gasteiger partial charge in [-0.3, -0.25) is 0 Å². The molecule has 2 atom stereocenters. The van der Waals surface area contributed by atoms with Gasteiger partial charge >= 0.3 is 0 Å². The van der Waals surface area contributed by atoms with Crippen LogP contribution in [0.2, 0.25) is 10.0 Å². The summed E-state index contributed by atoms with van der Waals surface area (Å²) in [6.07, 6.45) is 3.38. The molecule has 0 aromatic heterocycles. The quantitative estimate of drug-likeness (QED) is 0.856. The van der Waals surface area contributed by atoms with Crippen LogP contribution in [0.4, 0.5) is 0 Å². The van der Waals surface area contributed by atoms with Gasteiger partial charge in [0.25, 0.3) is 0 Å². The molecule has 0 spiro atoms. The molecule has 3 N–H and O–H groups in total. The molecule has 118 valence electrons. The number of nitrogens with one attached hydrogen (secondary N) is 1. The minimum absolute atomic E-state index is 0.0414. The van der Waals surface area contributed by atoms with Crippen molar-refractivity contribution in [2.24, 2.45) is 17.6 Å². The standard InChI is InChI=1S/C14H20Cl2N2O2S/c1-9-3-2-4-10(9)8-18-21(19,20)14-5-11(7-17)12(15)6-13(14)16/h5-6,9-10,18H,2-4,7-8,17H2,1H3. The Hall–Kier alpha value is -0.330. The first-order valence-electron chi connectivity index (χ1n) is 7.03. The molecule has 0 heterocycles. The van der Waals surface area contributed by atoms with Crippen molar-refractivity contribution < 1.29 is 8.42 Å². The number of rotatable bonds is 5. The number of benzene rings is 1. The molecule has 4 nitrogen and oxygen atoms in total. The van der Waals surface area contributed by atoms with Crippen LogP contribution in [0.1, 0.15) is 31.7 Å². The second kappa shape index (κ2) is 6.84. The van der Waals surface area contributed by atoms with Gasteiger partial charge in [-0.15, -0.1) is 0 Å². The smallest absolute Gasteiger partial charge is 0.242 e. The molecular weight excluding hydrogens is 331 g/mol. The Kier molecular flexibility index (Phi) is 5.54. The summed E-state index contributed by atoms with van der Waals surface area (Å²) in [4.78, 5) is 0.0414. The summed E-state index contributed by atoms with van der Waals surface area (Å²) in [5, 5.41) is 0.495. The molecule has 1 saturated carbocycles. The highest BCUT2D eigenvalue weighted by Crippen LogP contribution is 2.32. The molecule has 1 fully saturated rings. The molecule has 0 radical (unpaired) electrons. The predicted octanol–water partition coefficient (Wildman–Crippen LogP) is 3.17. The minimum Gasteiger partial charge on any atom is -0.326 e. The van der Waals surface area contributed by atoms with Crippen LogP contribution in [0.15, 0.2) is 17.0 Å². The Morgan fingerprint density at radius 2 is 2.00 bits per heavy atom. The van der Waals surface area contributed by atoms with Crippen molar-refractivity contribution in [2.45, 2.75) is 37.6 Å². The van der Waals surface area contributed by atoms with E-state index < -0.39 is 10.0 Å². The zero-order chi connectivity index (χ0) is 15.6. The Morgan fingerprint density at radius 1 is 1.29 bits per heavy atom. The first-order valence-corrected chi connectivity index (χ1v) is 9.26. The lowest BCUT2D eigenvalue weighted by Gasteiger charge is -2.17. The monoisotopic (exact) mass is 350 g/mol. The van der Waals surface area contributed by atoms with E-state index in [-0.39, 0.29) is 16.5 Å². The average molecular weight is 351 g/mol. The summed E-state index contributed by atoms with van der Waals surface area (Å²) >= 11 is 12.0. The highest BCUT2D eigenvalue weighted by atomic mass is 35.5. The molecule has 1 aromatic carbocycles. The van der Waals surface area contributed by atoms with Crippen LogP contribution in [0.5, 0.6) is 0 Å². The van der Waals surface area contributed by atoms with E-state index in [2.05, 4.69) is 11.6 Å². The van der Waals surface area contributed by atoms with Crippen molar-refractivity contribution in [3.63, 3.8) is 0 Å². The van der Waals surface area contributed by atoms with Gasteiger partial charge in [0.2, 0.25) is 10.0 Å². The van der Waals surface area contributed by atoms with Crippen LogP contribution in [0.3, 0.4) is 0 Å². The van der Waals surface area contributed by atoms with E-state index in [4.69, 9.17) is 28.9 Å². The molecule has 0 aliphatic heterocycles. The molecule has 0 amide bonds. The zero-order valence-electron chi connectivity index (χ0n) is 11.9. The third-order valence-corrected chi connectivity index (χ3v) is 6.43. The Morgan fingerprint density at radius 3 is 2.57 bits per heavy atom. The van der Waals surface area contributed by atoms with Crippen molar-refractivity contribution in [1.29, 1.82) is 0 Å². The van der Waals surface area contributed by atoms with E-state index in [0.717, 1.165) is 19.3 Å². The van der Waals surface area contributed by atoms with Crippen LogP contribution >= 0.6 is 23.2 Å². The van der Waals surface area contributed by atoms with Crippen LogP contribution in [-0.4, -0.2) is 15.0 Å². The fourth-order valence-corrected chi connectivity index (χ4v) is 4.72. The van der Waals surface area contributed by atoms with Gasteiger partial charge in [-0.2, -0.15) is 0 Å². The van der Waals surface area contributed by atoms with Gasteiger partial charge in [-0.1, -0.05) is 43.0 Å². The van der Waals surface area contributed by atoms with E-state index in [1.54, 1.807) is 0 Å². The molecule has 1 aromatic rings. The third-order valence-electron chi connectivity index (χ3n) is 4.19. The van der Waals surface area contributed by atoms with Crippen LogP contribution in [0.25, 0.3) is 0 Å². The summed E-state index contributed by atoms with van der Waals surface area (Å²) in [5.41, 5.74) is 6.13. The second-order valence-electron chi connectivity index (χ2n) is 5.60. The fraction of sp³-hybridized carbons (Fsp3) is 0.571. The lowest BCUT2D eigenvalue weighted by Crippen LogP contribution is -2.30. The molecule has 2 unspecified atom stereocenters. The summed E-state index contributed by atoms with van der Waals surface area (Å²) in [5.74, 6) is 0.938. The van der Waals surface area contributed by atoms with Crippen molar-refractivity contribution in [3.8, 4) is 0 Å². The highest BCUT2D eigenvalue weighted by Gasteiger charge is 2.26. The van der Waals surface area contributed by atoms with E-state index in [0.29, 0.717) is 29.0 Å². The summed E-state index contributed by atoms with van der Waals surface area (Å²) in [6, 6.07) is 2.88. The maximum absolute atomic E-state index is 12.4. The van der Waals surface area contributed by atoms with Gasteiger partial charge in [0.1, 0.15) is 4.90 Å². The lowest BCUT2D eigenvalue weighted by molar-refractivity contribution is 0.414. The number of hydrogen-bond acceptors (Lipinski definition) is 3. The Labute approximate surface area is 136 Å². The first-order chi connectivity index (χ1) is 9.85. The van der Waals surface area contributed by atoms with Crippen LogP contribution in [-0.2, 0) is 16.6 Å². The third kappa shape index (κ3) is 3.90. The van der Waals surface area contributed by atoms with E-state index >= 15 is 0 Å². The summed E-state index contributed by atoms with van der Waals surface area (Å²) in [6.45, 7) is 2.77. The minimum atomic E-state index is -3.65. The van der Waals surface area contributed by atoms with Crippen molar-refractivity contribution in [3.05, 3.63) is 27.7 Å². The summed E-state index contributed by atoms with van der Waals surface area (Å²) < 4.78 is 27.5. The molecule has 21 heavy (non-hydrogen) atoms. The molecule has 0 bridgehead atoms. The van der Waals surface area contributed by atoms with Crippen LogP contribution < -0.4 is 10.5 Å². The topological polar surface area (TPSA) is 72.2 Å². The lowest BCUT2D eigenvalue weighted by atomic mass is 9.99. The predicted molar refractivity (Wildman–Crippen MR) is 86.0 cm³/mol. The van der Waals surface area contributed by atoms with E-state index in [9.17, 15) is 8.42 Å². The van der Waals surface area contributed by atoms with Gasteiger partial charge in [0.05, 0.1) is 5.02 Å². The van der Waals surface area contributed by atoms with Crippen molar-refractivity contribution in [1.82, 2.24) is 4.72 Å². The Balaban J connectivity index is 2.19. The maximum atomic E-state index is 12.4. The van der Waals surface area contributed by atoms with Gasteiger partial charge in [-0.25, -0.2) is 13.1 Å². The maximum Gasteiger partial charge on any atom is 0.242 e. The number of halogens is 2. The molecule has 1 aliphatic rings. The SMILES string of the molecule is CC1CCCC1CNS(=O)(=O)c1cc(CN)c(Cl)cc1Cl. The largest absolute Gasteiger partial charge is 0.326 e. The summed E-state index contributed by atoms with van der Waals surface area (Å²) in [7, 11) is -3.65. The number of nitrogens with two attached hydrogens (primary N) is 1. The highest BCUT2D eigenvalue weighted by molar-refractivity contribution is 7.89. The fourth-order valence-electron chi connectivity index (χ4n) is 2.75. The molecule has 2 rings (SSSR count). The van der Waals surface area contributed by atoms with Gasteiger partial charge in [0.15, 0.2) is 0 Å². The van der Waals surface area contributed by atoms with Crippen molar-refractivity contribution in [2.75, 3.05) is 6.54 Å². The normalized spacial score (nSPS) is 22.7. The second-order valence-corrected chi connectivity index (χ2v) is 8.15. The van der Waals surface area contributed by atoms with Crippen molar-refractivity contribution >= 4 is 33.2 Å². The molecular formula is C14H20Cl2N2O2S. The molecule has 1 aliphatic carbocycles. The van der Waals surface area contributed by atoms with Gasteiger partial charge < -0.3 is 5.73 Å². The van der Waals surface area contributed by atoms with Gasteiger partial charge in [-0.05, 0) is 36.0 Å². The van der Waals surface area contributed by atoms with E-state index in [1.807, 2.05) is 0 Å². The number of sulfonamides is 1. The van der Waals surface area contributed by atoms with Crippen LogP contribution in [0, 0.1) is 11.8 Å². The Bertz CT molecular complexity index is 620. The van der Waals surface area contributed by atoms with E-state index in [1.165, 1.54) is 12.1 Å².